The van der Waals surface area contributed by atoms with Gasteiger partial charge in [-0.25, -0.2) is 0 Å². The van der Waals surface area contributed by atoms with E-state index in [0.29, 0.717) is 19.7 Å². The van der Waals surface area contributed by atoms with Crippen molar-refractivity contribution in [1.29, 1.82) is 0 Å². The molecule has 5 nitrogen and oxygen atoms in total. The van der Waals surface area contributed by atoms with Crippen LogP contribution in [0.2, 0.25) is 0 Å². The number of carbonyl (C=O) groups excluding carboxylic acids is 1. The van der Waals surface area contributed by atoms with Crippen LogP contribution in [0.15, 0.2) is 60.7 Å². The first-order valence-electron chi connectivity index (χ1n) is 10.5. The summed E-state index contributed by atoms with van der Waals surface area (Å²) in [6.45, 7) is 4.48. The molecule has 0 spiro atoms. The van der Waals surface area contributed by atoms with Crippen molar-refractivity contribution in [3.05, 3.63) is 71.8 Å². The molecular formula is C24H31NO4. The Balaban J connectivity index is 1.56. The number of benzene rings is 2. The van der Waals surface area contributed by atoms with Gasteiger partial charge in [0, 0.05) is 13.1 Å². The first kappa shape index (κ1) is 21.5. The lowest BCUT2D eigenvalue weighted by Crippen LogP contribution is -2.43. The summed E-state index contributed by atoms with van der Waals surface area (Å²) in [5, 5.41) is 10.6. The van der Waals surface area contributed by atoms with Gasteiger partial charge in [-0.2, -0.15) is 0 Å². The molecule has 1 fully saturated rings. The topological polar surface area (TPSA) is 59.0 Å². The van der Waals surface area contributed by atoms with E-state index in [0.717, 1.165) is 30.5 Å². The van der Waals surface area contributed by atoms with Gasteiger partial charge in [-0.05, 0) is 37.4 Å². The van der Waals surface area contributed by atoms with Gasteiger partial charge in [0.15, 0.2) is 0 Å². The van der Waals surface area contributed by atoms with Crippen molar-refractivity contribution in [3.63, 3.8) is 0 Å². The van der Waals surface area contributed by atoms with E-state index in [1.165, 1.54) is 0 Å². The van der Waals surface area contributed by atoms with Crippen LogP contribution in [0.5, 0.6) is 0 Å². The Morgan fingerprint density at radius 2 is 1.72 bits per heavy atom. The number of nitrogens with zero attached hydrogens (tertiary/aromatic N) is 1. The molecule has 5 heteroatoms. The monoisotopic (exact) mass is 397 g/mol. The third-order valence-corrected chi connectivity index (χ3v) is 5.25. The SMILES string of the molecule is CCOC(=O)[C@@H]1CCCN(C[C@@H](O)COC(c2ccccc2)c2ccccc2)C1. The average Bonchev–Trinajstić information content (AvgIpc) is 2.76. The van der Waals surface area contributed by atoms with Gasteiger partial charge in [0.2, 0.25) is 0 Å². The van der Waals surface area contributed by atoms with Crippen molar-refractivity contribution in [1.82, 2.24) is 4.90 Å². The number of hydrogen-bond donors (Lipinski definition) is 1. The second kappa shape index (κ2) is 11.1. The Kier molecular flexibility index (Phi) is 8.23. The number of β-amino-alcohol motifs (C(OH)–C–C–N with tert-alkyl or cyclic N) is 1. The summed E-state index contributed by atoms with van der Waals surface area (Å²) < 4.78 is 11.3. The Morgan fingerprint density at radius 1 is 1.10 bits per heavy atom. The third kappa shape index (κ3) is 6.39. The van der Waals surface area contributed by atoms with Gasteiger partial charge in [0.05, 0.1) is 25.2 Å². The Bertz CT molecular complexity index is 698. The van der Waals surface area contributed by atoms with E-state index in [4.69, 9.17) is 9.47 Å². The lowest BCUT2D eigenvalue weighted by Gasteiger charge is -2.33. The Hall–Kier alpha value is -2.21. The van der Waals surface area contributed by atoms with Crippen LogP contribution in [0, 0.1) is 5.92 Å². The maximum Gasteiger partial charge on any atom is 0.310 e. The quantitative estimate of drug-likeness (QED) is 0.657. The highest BCUT2D eigenvalue weighted by molar-refractivity contribution is 5.72. The van der Waals surface area contributed by atoms with Crippen LogP contribution in [0.1, 0.15) is 37.0 Å². The number of aliphatic hydroxyl groups excluding tert-OH is 1. The molecule has 156 valence electrons. The van der Waals surface area contributed by atoms with Gasteiger partial charge in [-0.1, -0.05) is 60.7 Å². The fourth-order valence-corrected chi connectivity index (χ4v) is 3.87. The lowest BCUT2D eigenvalue weighted by atomic mass is 9.98. The van der Waals surface area contributed by atoms with E-state index in [1.807, 2.05) is 67.6 Å². The van der Waals surface area contributed by atoms with E-state index in [1.54, 1.807) is 0 Å². The minimum absolute atomic E-state index is 0.0989. The molecule has 2 aromatic carbocycles. The number of piperidine rings is 1. The molecule has 0 aromatic heterocycles. The van der Waals surface area contributed by atoms with Gasteiger partial charge in [-0.15, -0.1) is 0 Å². The summed E-state index contributed by atoms with van der Waals surface area (Å²) >= 11 is 0. The van der Waals surface area contributed by atoms with E-state index in [9.17, 15) is 9.90 Å². The van der Waals surface area contributed by atoms with Crippen molar-refractivity contribution in [2.45, 2.75) is 32.0 Å². The molecule has 0 radical (unpaired) electrons. The van der Waals surface area contributed by atoms with E-state index in [2.05, 4.69) is 4.90 Å². The number of carbonyl (C=O) groups is 1. The number of esters is 1. The van der Waals surface area contributed by atoms with Crippen LogP contribution in [0.3, 0.4) is 0 Å². The smallest absolute Gasteiger partial charge is 0.310 e. The molecule has 0 bridgehead atoms. The molecule has 2 aromatic rings. The first-order valence-corrected chi connectivity index (χ1v) is 10.5. The van der Waals surface area contributed by atoms with E-state index < -0.39 is 6.10 Å². The minimum Gasteiger partial charge on any atom is -0.466 e. The first-order chi connectivity index (χ1) is 14.2. The highest BCUT2D eigenvalue weighted by Gasteiger charge is 2.28. The largest absolute Gasteiger partial charge is 0.466 e. The van der Waals surface area contributed by atoms with Crippen LogP contribution in [-0.4, -0.2) is 54.9 Å². The van der Waals surface area contributed by atoms with Gasteiger partial charge in [0.25, 0.3) is 0 Å². The fraction of sp³-hybridized carbons (Fsp3) is 0.458. The van der Waals surface area contributed by atoms with Gasteiger partial charge < -0.3 is 14.6 Å². The van der Waals surface area contributed by atoms with Crippen LogP contribution >= 0.6 is 0 Å². The molecule has 1 aliphatic heterocycles. The zero-order valence-electron chi connectivity index (χ0n) is 17.1. The molecule has 2 atom stereocenters. The summed E-state index contributed by atoms with van der Waals surface area (Å²) in [5.74, 6) is -0.227. The van der Waals surface area contributed by atoms with Crippen LogP contribution in [0.25, 0.3) is 0 Å². The normalized spacial score (nSPS) is 18.5. The van der Waals surface area contributed by atoms with Gasteiger partial charge >= 0.3 is 5.97 Å². The van der Waals surface area contributed by atoms with Gasteiger partial charge in [-0.3, -0.25) is 9.69 Å². The maximum atomic E-state index is 12.0. The second-order valence-electron chi connectivity index (χ2n) is 7.54. The van der Waals surface area contributed by atoms with Crippen molar-refractivity contribution >= 4 is 5.97 Å². The van der Waals surface area contributed by atoms with Gasteiger partial charge in [0.1, 0.15) is 6.10 Å². The van der Waals surface area contributed by atoms with Crippen LogP contribution in [-0.2, 0) is 14.3 Å². The van der Waals surface area contributed by atoms with E-state index >= 15 is 0 Å². The number of likely N-dealkylation sites (tertiary alicyclic amines) is 1. The molecule has 29 heavy (non-hydrogen) atoms. The number of hydrogen-bond acceptors (Lipinski definition) is 5. The molecular weight excluding hydrogens is 366 g/mol. The summed E-state index contributed by atoms with van der Waals surface area (Å²) in [6.07, 6.45) is 0.950. The molecule has 3 rings (SSSR count). The molecule has 0 saturated carbocycles. The number of rotatable bonds is 9. The molecule has 0 aliphatic carbocycles. The Morgan fingerprint density at radius 3 is 2.31 bits per heavy atom. The number of ether oxygens (including phenoxy) is 2. The predicted molar refractivity (Wildman–Crippen MR) is 112 cm³/mol. The lowest BCUT2D eigenvalue weighted by molar-refractivity contribution is -0.150. The Labute approximate surface area is 173 Å². The van der Waals surface area contributed by atoms with Crippen molar-refractivity contribution in [2.24, 2.45) is 5.92 Å². The van der Waals surface area contributed by atoms with Crippen molar-refractivity contribution in [3.8, 4) is 0 Å². The molecule has 0 amide bonds. The summed E-state index contributed by atoms with van der Waals surface area (Å²) in [4.78, 5) is 14.2. The highest BCUT2D eigenvalue weighted by atomic mass is 16.5. The molecule has 1 N–H and O–H groups in total. The zero-order chi connectivity index (χ0) is 20.5. The number of aliphatic hydroxyl groups is 1. The summed E-state index contributed by atoms with van der Waals surface area (Å²) in [6, 6.07) is 20.1. The third-order valence-electron chi connectivity index (χ3n) is 5.25. The summed E-state index contributed by atoms with van der Waals surface area (Å²) in [5.41, 5.74) is 2.12. The average molecular weight is 398 g/mol. The highest BCUT2D eigenvalue weighted by Crippen LogP contribution is 2.26. The minimum atomic E-state index is -0.620. The molecule has 0 unspecified atom stereocenters. The van der Waals surface area contributed by atoms with E-state index in [-0.39, 0.29) is 24.6 Å². The van der Waals surface area contributed by atoms with Crippen molar-refractivity contribution in [2.75, 3.05) is 32.8 Å². The molecule has 1 aliphatic rings. The second-order valence-corrected chi connectivity index (χ2v) is 7.54. The zero-order valence-corrected chi connectivity index (χ0v) is 17.1. The van der Waals surface area contributed by atoms with Crippen LogP contribution in [0.4, 0.5) is 0 Å². The van der Waals surface area contributed by atoms with Crippen molar-refractivity contribution < 1.29 is 19.4 Å². The predicted octanol–water partition coefficient (Wildman–Crippen LogP) is 3.43. The maximum absolute atomic E-state index is 12.0. The fourth-order valence-electron chi connectivity index (χ4n) is 3.87. The van der Waals surface area contributed by atoms with Crippen LogP contribution < -0.4 is 0 Å². The summed E-state index contributed by atoms with van der Waals surface area (Å²) in [7, 11) is 0. The molecule has 1 heterocycles. The molecule has 1 saturated heterocycles. The standard InChI is InChI=1S/C24H31NO4/c1-2-28-24(27)21-14-9-15-25(16-21)17-22(26)18-29-23(19-10-5-3-6-11-19)20-12-7-4-8-13-20/h3-8,10-13,21-23,26H,2,9,14-18H2,1H3/t21-,22-/m1/s1.